The standard InChI is InChI=1S/C21H29N5O3S/c1-16-12-18(3)20(13-17(16)2)30(27,28)26-6-4-25(5-7-26)21-14-19(15-22-23-21)24-8-10-29-11-9-24/h12-15H,4-11H2,1-3H3. The van der Waals surface area contributed by atoms with E-state index in [2.05, 4.69) is 20.0 Å². The summed E-state index contributed by atoms with van der Waals surface area (Å²) in [6.45, 7) is 11.0. The molecule has 2 aromatic rings. The van der Waals surface area contributed by atoms with Gasteiger partial charge in [0, 0.05) is 45.3 Å². The molecule has 1 aromatic carbocycles. The van der Waals surface area contributed by atoms with E-state index in [0.29, 0.717) is 44.3 Å². The van der Waals surface area contributed by atoms with Gasteiger partial charge < -0.3 is 14.5 Å². The fraction of sp³-hybridized carbons (Fsp3) is 0.524. The van der Waals surface area contributed by atoms with Crippen molar-refractivity contribution in [2.45, 2.75) is 25.7 Å². The van der Waals surface area contributed by atoms with Crippen molar-refractivity contribution in [1.29, 1.82) is 0 Å². The van der Waals surface area contributed by atoms with Crippen molar-refractivity contribution in [3.8, 4) is 0 Å². The summed E-state index contributed by atoms with van der Waals surface area (Å²) in [6.07, 6.45) is 1.78. The van der Waals surface area contributed by atoms with Gasteiger partial charge in [-0.15, -0.1) is 5.10 Å². The molecule has 0 radical (unpaired) electrons. The number of morpholine rings is 1. The zero-order chi connectivity index (χ0) is 21.3. The highest BCUT2D eigenvalue weighted by Crippen LogP contribution is 2.26. The summed E-state index contributed by atoms with van der Waals surface area (Å²) in [5.74, 6) is 0.790. The monoisotopic (exact) mass is 431 g/mol. The molecule has 8 nitrogen and oxygen atoms in total. The number of hydrogen-bond donors (Lipinski definition) is 0. The molecule has 0 bridgehead atoms. The average molecular weight is 432 g/mol. The van der Waals surface area contributed by atoms with Crippen LogP contribution in [0.5, 0.6) is 0 Å². The first kappa shape index (κ1) is 21.0. The van der Waals surface area contributed by atoms with E-state index in [9.17, 15) is 8.42 Å². The summed E-state index contributed by atoms with van der Waals surface area (Å²) < 4.78 is 33.5. The largest absolute Gasteiger partial charge is 0.378 e. The second kappa shape index (κ2) is 8.49. The topological polar surface area (TPSA) is 78.9 Å². The molecule has 2 saturated heterocycles. The predicted octanol–water partition coefficient (Wildman–Crippen LogP) is 1.75. The smallest absolute Gasteiger partial charge is 0.243 e. The highest BCUT2D eigenvalue weighted by molar-refractivity contribution is 7.89. The van der Waals surface area contributed by atoms with Crippen molar-refractivity contribution in [3.05, 3.63) is 41.1 Å². The van der Waals surface area contributed by atoms with Crippen molar-refractivity contribution >= 4 is 21.5 Å². The Labute approximate surface area is 178 Å². The number of hydrogen-bond acceptors (Lipinski definition) is 7. The van der Waals surface area contributed by atoms with Gasteiger partial charge in [-0.2, -0.15) is 9.40 Å². The van der Waals surface area contributed by atoms with Crippen LogP contribution in [0.1, 0.15) is 16.7 Å². The van der Waals surface area contributed by atoms with Gasteiger partial charge in [-0.05, 0) is 43.5 Å². The van der Waals surface area contributed by atoms with Crippen LogP contribution < -0.4 is 9.80 Å². The summed E-state index contributed by atoms with van der Waals surface area (Å²) in [4.78, 5) is 4.76. The van der Waals surface area contributed by atoms with Crippen LogP contribution in [0.4, 0.5) is 11.5 Å². The van der Waals surface area contributed by atoms with E-state index in [0.717, 1.165) is 41.3 Å². The van der Waals surface area contributed by atoms with E-state index < -0.39 is 10.0 Å². The van der Waals surface area contributed by atoms with Crippen molar-refractivity contribution in [3.63, 3.8) is 0 Å². The van der Waals surface area contributed by atoms with Gasteiger partial charge in [0.05, 0.1) is 30.0 Å². The number of nitrogens with zero attached hydrogens (tertiary/aromatic N) is 5. The maximum absolute atomic E-state index is 13.2. The molecule has 0 aliphatic carbocycles. The van der Waals surface area contributed by atoms with E-state index >= 15 is 0 Å². The van der Waals surface area contributed by atoms with Gasteiger partial charge >= 0.3 is 0 Å². The molecule has 0 unspecified atom stereocenters. The Morgan fingerprint density at radius 2 is 1.50 bits per heavy atom. The van der Waals surface area contributed by atoms with Crippen LogP contribution in [-0.4, -0.2) is 75.4 Å². The Morgan fingerprint density at radius 3 is 2.20 bits per heavy atom. The molecule has 0 atom stereocenters. The molecule has 9 heteroatoms. The Kier molecular flexibility index (Phi) is 5.95. The molecule has 0 saturated carbocycles. The number of aromatic nitrogens is 2. The minimum atomic E-state index is -3.51. The summed E-state index contributed by atoms with van der Waals surface area (Å²) >= 11 is 0. The van der Waals surface area contributed by atoms with Crippen molar-refractivity contribution in [1.82, 2.24) is 14.5 Å². The molecule has 2 fully saturated rings. The third-order valence-corrected chi connectivity index (χ3v) is 8.02. The van der Waals surface area contributed by atoms with Gasteiger partial charge in [-0.3, -0.25) is 0 Å². The number of aryl methyl sites for hydroxylation is 3. The molecule has 30 heavy (non-hydrogen) atoms. The zero-order valence-corrected chi connectivity index (χ0v) is 18.7. The van der Waals surface area contributed by atoms with Gasteiger partial charge in [0.1, 0.15) is 0 Å². The number of ether oxygens (including phenoxy) is 1. The minimum Gasteiger partial charge on any atom is -0.378 e. The van der Waals surface area contributed by atoms with E-state index in [1.165, 1.54) is 0 Å². The molecular formula is C21H29N5O3S. The molecule has 1 aromatic heterocycles. The first-order valence-electron chi connectivity index (χ1n) is 10.3. The third kappa shape index (κ3) is 4.14. The van der Waals surface area contributed by atoms with Gasteiger partial charge in [-0.25, -0.2) is 8.42 Å². The fourth-order valence-electron chi connectivity index (χ4n) is 4.00. The predicted molar refractivity (Wildman–Crippen MR) is 117 cm³/mol. The van der Waals surface area contributed by atoms with Crippen LogP contribution in [0.25, 0.3) is 0 Å². The Bertz CT molecular complexity index is 1010. The summed E-state index contributed by atoms with van der Waals surface area (Å²) in [5, 5.41) is 8.46. The van der Waals surface area contributed by atoms with Gasteiger partial charge in [0.2, 0.25) is 10.0 Å². The average Bonchev–Trinajstić information content (AvgIpc) is 2.77. The lowest BCUT2D eigenvalue weighted by atomic mass is 10.1. The van der Waals surface area contributed by atoms with Crippen LogP contribution in [0.15, 0.2) is 29.3 Å². The minimum absolute atomic E-state index is 0.410. The second-order valence-electron chi connectivity index (χ2n) is 7.96. The number of benzene rings is 1. The first-order valence-corrected chi connectivity index (χ1v) is 11.8. The SMILES string of the molecule is Cc1cc(C)c(S(=O)(=O)N2CCN(c3cc(N4CCOCC4)cnn3)CC2)cc1C. The molecule has 0 amide bonds. The first-order chi connectivity index (χ1) is 14.4. The van der Waals surface area contributed by atoms with Crippen LogP contribution in [-0.2, 0) is 14.8 Å². The number of piperazine rings is 1. The molecule has 2 aliphatic heterocycles. The highest BCUT2D eigenvalue weighted by atomic mass is 32.2. The van der Waals surface area contributed by atoms with Gasteiger partial charge in [0.15, 0.2) is 5.82 Å². The fourth-order valence-corrected chi connectivity index (χ4v) is 5.72. The number of rotatable bonds is 4. The van der Waals surface area contributed by atoms with E-state index in [1.807, 2.05) is 32.9 Å². The summed E-state index contributed by atoms with van der Waals surface area (Å²) in [6, 6.07) is 5.78. The Balaban J connectivity index is 1.47. The normalized spacial score (nSPS) is 18.6. The molecule has 3 heterocycles. The molecule has 0 N–H and O–H groups in total. The van der Waals surface area contributed by atoms with E-state index in [1.54, 1.807) is 16.6 Å². The molecule has 0 spiro atoms. The third-order valence-electron chi connectivity index (χ3n) is 5.98. The highest BCUT2D eigenvalue weighted by Gasteiger charge is 2.30. The zero-order valence-electron chi connectivity index (χ0n) is 17.8. The van der Waals surface area contributed by atoms with E-state index in [4.69, 9.17) is 4.74 Å². The van der Waals surface area contributed by atoms with Crippen LogP contribution in [0.3, 0.4) is 0 Å². The molecule has 4 rings (SSSR count). The Morgan fingerprint density at radius 1 is 0.833 bits per heavy atom. The van der Waals surface area contributed by atoms with Gasteiger partial charge in [-0.1, -0.05) is 6.07 Å². The van der Waals surface area contributed by atoms with Gasteiger partial charge in [0.25, 0.3) is 0 Å². The lowest BCUT2D eigenvalue weighted by Gasteiger charge is -2.35. The van der Waals surface area contributed by atoms with E-state index in [-0.39, 0.29) is 0 Å². The molecule has 162 valence electrons. The maximum Gasteiger partial charge on any atom is 0.243 e. The van der Waals surface area contributed by atoms with Crippen molar-refractivity contribution in [2.75, 3.05) is 62.3 Å². The van der Waals surface area contributed by atoms with Crippen molar-refractivity contribution in [2.24, 2.45) is 0 Å². The maximum atomic E-state index is 13.2. The lowest BCUT2D eigenvalue weighted by Crippen LogP contribution is -2.49. The molecular weight excluding hydrogens is 402 g/mol. The number of sulfonamides is 1. The molecule has 2 aliphatic rings. The lowest BCUT2D eigenvalue weighted by molar-refractivity contribution is 0.122. The van der Waals surface area contributed by atoms with Crippen LogP contribution in [0, 0.1) is 20.8 Å². The van der Waals surface area contributed by atoms with Crippen molar-refractivity contribution < 1.29 is 13.2 Å². The Hall–Kier alpha value is -2.23. The summed E-state index contributed by atoms with van der Waals surface area (Å²) in [7, 11) is -3.51. The quantitative estimate of drug-likeness (QED) is 0.730. The second-order valence-corrected chi connectivity index (χ2v) is 9.87. The van der Waals surface area contributed by atoms with Crippen LogP contribution in [0.2, 0.25) is 0 Å². The van der Waals surface area contributed by atoms with Crippen LogP contribution >= 0.6 is 0 Å². The number of anilines is 2. The summed E-state index contributed by atoms with van der Waals surface area (Å²) in [5.41, 5.74) is 3.93.